The molecule has 5 nitrogen and oxygen atoms in total. The third-order valence-electron chi connectivity index (χ3n) is 4.26. The molecule has 0 aromatic heterocycles. The van der Waals surface area contributed by atoms with E-state index in [0.717, 1.165) is 25.3 Å². The summed E-state index contributed by atoms with van der Waals surface area (Å²) in [7, 11) is 0. The van der Waals surface area contributed by atoms with E-state index in [9.17, 15) is 27.6 Å². The Kier molecular flexibility index (Phi) is 4.82. The van der Waals surface area contributed by atoms with Crippen LogP contribution in [0.3, 0.4) is 0 Å². The maximum absolute atomic E-state index is 12.7. The molecule has 1 heterocycles. The first-order valence-corrected chi connectivity index (χ1v) is 8.70. The summed E-state index contributed by atoms with van der Waals surface area (Å²) in [5, 5.41) is 0. The molecule has 0 bridgehead atoms. The van der Waals surface area contributed by atoms with Gasteiger partial charge in [0.05, 0.1) is 15.6 Å². The summed E-state index contributed by atoms with van der Waals surface area (Å²) in [6.07, 6.45) is -2.02. The third kappa shape index (κ3) is 3.30. The lowest BCUT2D eigenvalue weighted by Gasteiger charge is -2.32. The molecule has 3 rings (SSSR count). The Morgan fingerprint density at radius 1 is 1.14 bits per heavy atom. The maximum atomic E-state index is 12.7. The summed E-state index contributed by atoms with van der Waals surface area (Å²) in [6.45, 7) is 2.26. The van der Waals surface area contributed by atoms with E-state index in [0.29, 0.717) is 5.56 Å². The number of ether oxygens (including phenoxy) is 2. The van der Waals surface area contributed by atoms with Gasteiger partial charge in [-0.15, -0.1) is 0 Å². The largest absolute Gasteiger partial charge is 0.464 e. The van der Waals surface area contributed by atoms with Gasteiger partial charge in [-0.25, -0.2) is 0 Å². The Morgan fingerprint density at radius 2 is 1.75 bits per heavy atom. The first kappa shape index (κ1) is 20.1. The molecule has 28 heavy (non-hydrogen) atoms. The van der Waals surface area contributed by atoms with Crippen molar-refractivity contribution in [2.45, 2.75) is 25.6 Å². The SMILES string of the molecule is CC(=O)OC1(C)C(=O)C2=COC(c3ccc(C(F)(F)F)cc3)=CC2=C(Br)C1=O. The van der Waals surface area contributed by atoms with Crippen molar-refractivity contribution >= 4 is 39.2 Å². The molecule has 1 aromatic carbocycles. The lowest BCUT2D eigenvalue weighted by Crippen LogP contribution is -2.51. The molecule has 1 unspecified atom stereocenters. The van der Waals surface area contributed by atoms with Crippen LogP contribution in [0.25, 0.3) is 5.76 Å². The van der Waals surface area contributed by atoms with Gasteiger partial charge < -0.3 is 9.47 Å². The Morgan fingerprint density at radius 3 is 2.29 bits per heavy atom. The molecule has 0 amide bonds. The molecule has 9 heteroatoms. The normalized spacial score (nSPS) is 22.2. The number of carbonyl (C=O) groups excluding carboxylic acids is 3. The molecular weight excluding hydrogens is 445 g/mol. The first-order chi connectivity index (χ1) is 12.9. The van der Waals surface area contributed by atoms with E-state index in [2.05, 4.69) is 15.9 Å². The van der Waals surface area contributed by atoms with E-state index < -0.39 is 34.9 Å². The van der Waals surface area contributed by atoms with Crippen LogP contribution in [0.15, 0.2) is 52.2 Å². The van der Waals surface area contributed by atoms with E-state index in [1.807, 2.05) is 0 Å². The lowest BCUT2D eigenvalue weighted by molar-refractivity contribution is -0.167. The number of Topliss-reactive ketones (excluding diaryl/α,β-unsaturated/α-hetero) is 2. The van der Waals surface area contributed by atoms with E-state index in [4.69, 9.17) is 9.47 Å². The predicted molar refractivity (Wildman–Crippen MR) is 94.7 cm³/mol. The highest BCUT2D eigenvalue weighted by Crippen LogP contribution is 2.41. The minimum atomic E-state index is -4.47. The van der Waals surface area contributed by atoms with Crippen molar-refractivity contribution < 1.29 is 37.0 Å². The number of fused-ring (bicyclic) bond motifs is 1. The fourth-order valence-electron chi connectivity index (χ4n) is 2.83. The molecule has 0 saturated heterocycles. The molecule has 1 aliphatic heterocycles. The summed E-state index contributed by atoms with van der Waals surface area (Å²) >= 11 is 3.12. The Labute approximate surface area is 165 Å². The summed E-state index contributed by atoms with van der Waals surface area (Å²) in [5.74, 6) is -2.15. The van der Waals surface area contributed by atoms with Crippen LogP contribution in [0.4, 0.5) is 13.2 Å². The van der Waals surface area contributed by atoms with Gasteiger partial charge in [0.1, 0.15) is 12.0 Å². The average Bonchev–Trinajstić information content (AvgIpc) is 2.63. The minimum absolute atomic E-state index is 0.00480. The van der Waals surface area contributed by atoms with Crippen molar-refractivity contribution in [2.24, 2.45) is 0 Å². The van der Waals surface area contributed by atoms with E-state index in [1.54, 1.807) is 0 Å². The summed E-state index contributed by atoms with van der Waals surface area (Å²) < 4.78 is 48.5. The standard InChI is InChI=1S/C19H12BrF3O5/c1-9(24)28-18(2)16(25)13-8-27-14(7-12(13)15(20)17(18)26)10-3-5-11(6-4-10)19(21,22)23/h3-8H,1-2H3. The van der Waals surface area contributed by atoms with Crippen molar-refractivity contribution in [3.05, 3.63) is 63.4 Å². The number of alkyl halides is 3. The number of benzene rings is 1. The average molecular weight is 457 g/mol. The van der Waals surface area contributed by atoms with Crippen LogP contribution in [0.5, 0.6) is 0 Å². The molecule has 146 valence electrons. The van der Waals surface area contributed by atoms with Gasteiger partial charge in [0.2, 0.25) is 17.2 Å². The van der Waals surface area contributed by atoms with Crippen molar-refractivity contribution in [2.75, 3.05) is 0 Å². The van der Waals surface area contributed by atoms with Gasteiger partial charge in [0.15, 0.2) is 0 Å². The van der Waals surface area contributed by atoms with E-state index in [-0.39, 0.29) is 21.4 Å². The third-order valence-corrected chi connectivity index (χ3v) is 5.05. The highest BCUT2D eigenvalue weighted by atomic mass is 79.9. The van der Waals surface area contributed by atoms with Crippen LogP contribution < -0.4 is 0 Å². The van der Waals surface area contributed by atoms with Crippen LogP contribution in [-0.4, -0.2) is 23.1 Å². The fraction of sp³-hybridized carbons (Fsp3) is 0.211. The van der Waals surface area contributed by atoms with Crippen LogP contribution in [-0.2, 0) is 30.0 Å². The highest BCUT2D eigenvalue weighted by Gasteiger charge is 2.52. The van der Waals surface area contributed by atoms with Gasteiger partial charge in [-0.1, -0.05) is 12.1 Å². The maximum Gasteiger partial charge on any atom is 0.416 e. The van der Waals surface area contributed by atoms with Gasteiger partial charge in [0.25, 0.3) is 0 Å². The monoisotopic (exact) mass is 456 g/mol. The molecule has 0 spiro atoms. The molecule has 0 fully saturated rings. The zero-order valence-corrected chi connectivity index (χ0v) is 16.1. The van der Waals surface area contributed by atoms with Crippen molar-refractivity contribution in [1.29, 1.82) is 0 Å². The summed E-state index contributed by atoms with van der Waals surface area (Å²) in [6, 6.07) is 4.24. The molecule has 1 aromatic rings. The molecule has 1 aliphatic carbocycles. The first-order valence-electron chi connectivity index (χ1n) is 7.90. The molecule has 0 radical (unpaired) electrons. The number of ketones is 2. The molecule has 0 saturated carbocycles. The van der Waals surface area contributed by atoms with Crippen LogP contribution in [0, 0.1) is 0 Å². The number of hydrogen-bond donors (Lipinski definition) is 0. The van der Waals surface area contributed by atoms with Gasteiger partial charge in [0, 0.05) is 18.1 Å². The minimum Gasteiger partial charge on any atom is -0.464 e. The summed E-state index contributed by atoms with van der Waals surface area (Å²) in [5.41, 5.74) is -2.32. The fourth-order valence-corrected chi connectivity index (χ4v) is 3.54. The van der Waals surface area contributed by atoms with Crippen molar-refractivity contribution in [3.63, 3.8) is 0 Å². The Bertz CT molecular complexity index is 986. The second-order valence-electron chi connectivity index (χ2n) is 6.25. The van der Waals surface area contributed by atoms with E-state index in [1.165, 1.54) is 25.1 Å². The quantitative estimate of drug-likeness (QED) is 0.495. The zero-order chi connectivity index (χ0) is 20.9. The van der Waals surface area contributed by atoms with Crippen LogP contribution >= 0.6 is 15.9 Å². The molecule has 1 atom stereocenters. The Hall–Kier alpha value is -2.68. The number of rotatable bonds is 2. The predicted octanol–water partition coefficient (Wildman–Crippen LogP) is 4.08. The number of halogens is 4. The smallest absolute Gasteiger partial charge is 0.416 e. The Balaban J connectivity index is 2.01. The van der Waals surface area contributed by atoms with Gasteiger partial charge in [-0.3, -0.25) is 14.4 Å². The van der Waals surface area contributed by atoms with Gasteiger partial charge >= 0.3 is 12.1 Å². The topological polar surface area (TPSA) is 69.7 Å². The lowest BCUT2D eigenvalue weighted by atomic mass is 9.80. The number of esters is 1. The van der Waals surface area contributed by atoms with Crippen LogP contribution in [0.2, 0.25) is 0 Å². The molecular formula is C19H12BrF3O5. The highest BCUT2D eigenvalue weighted by molar-refractivity contribution is 9.12. The molecule has 0 N–H and O–H groups in total. The number of hydrogen-bond acceptors (Lipinski definition) is 5. The van der Waals surface area contributed by atoms with Crippen molar-refractivity contribution in [3.8, 4) is 0 Å². The second-order valence-corrected chi connectivity index (χ2v) is 7.04. The second kappa shape index (κ2) is 6.73. The van der Waals surface area contributed by atoms with Gasteiger partial charge in [-0.05, 0) is 41.1 Å². The molecule has 2 aliphatic rings. The zero-order valence-electron chi connectivity index (χ0n) is 14.5. The van der Waals surface area contributed by atoms with Crippen LogP contribution in [0.1, 0.15) is 25.0 Å². The van der Waals surface area contributed by atoms with Crippen molar-refractivity contribution in [1.82, 2.24) is 0 Å². The van der Waals surface area contributed by atoms with E-state index >= 15 is 0 Å². The van der Waals surface area contributed by atoms with Gasteiger partial charge in [-0.2, -0.15) is 13.2 Å². The number of allylic oxidation sites excluding steroid dienone is 2. The summed E-state index contributed by atoms with van der Waals surface area (Å²) in [4.78, 5) is 36.6. The number of carbonyl (C=O) groups is 3.